The molecular weight excluding hydrogens is 395 g/mol. The van der Waals surface area contributed by atoms with E-state index in [1.807, 2.05) is 36.1 Å². The van der Waals surface area contributed by atoms with Gasteiger partial charge in [0.1, 0.15) is 11.6 Å². The van der Waals surface area contributed by atoms with Crippen molar-refractivity contribution in [1.82, 2.24) is 9.97 Å². The maximum atomic E-state index is 13.3. The number of rotatable bonds is 5. The molecule has 1 aromatic heterocycles. The van der Waals surface area contributed by atoms with E-state index in [9.17, 15) is 9.18 Å². The Kier molecular flexibility index (Phi) is 6.11. The number of piperidine rings is 1. The van der Waals surface area contributed by atoms with Crippen molar-refractivity contribution in [3.63, 3.8) is 0 Å². The van der Waals surface area contributed by atoms with Crippen molar-refractivity contribution in [3.05, 3.63) is 71.8 Å². The molecule has 2 aromatic carbocycles. The molecule has 31 heavy (non-hydrogen) atoms. The number of nitrogens with one attached hydrogen (secondary N) is 1. The highest BCUT2D eigenvalue weighted by molar-refractivity contribution is 5.93. The topological polar surface area (TPSA) is 67.4 Å². The first-order valence-electron chi connectivity index (χ1n) is 10.4. The molecule has 0 unspecified atom stereocenters. The van der Waals surface area contributed by atoms with Gasteiger partial charge in [-0.2, -0.15) is 0 Å². The van der Waals surface area contributed by atoms with Crippen LogP contribution in [0.3, 0.4) is 0 Å². The first kappa shape index (κ1) is 20.8. The highest BCUT2D eigenvalue weighted by atomic mass is 19.1. The van der Waals surface area contributed by atoms with Gasteiger partial charge in [0.25, 0.3) is 5.88 Å². The number of aromatic nitrogens is 2. The lowest BCUT2D eigenvalue weighted by molar-refractivity contribution is -0.120. The van der Waals surface area contributed by atoms with Crippen LogP contribution in [-0.2, 0) is 4.79 Å². The second-order valence-electron chi connectivity index (χ2n) is 7.83. The van der Waals surface area contributed by atoms with E-state index in [0.717, 1.165) is 24.9 Å². The van der Waals surface area contributed by atoms with E-state index >= 15 is 0 Å². The zero-order valence-electron chi connectivity index (χ0n) is 17.6. The van der Waals surface area contributed by atoms with Gasteiger partial charge in [-0.1, -0.05) is 17.7 Å². The fourth-order valence-electron chi connectivity index (χ4n) is 3.71. The van der Waals surface area contributed by atoms with E-state index in [2.05, 4.69) is 15.3 Å². The number of halogens is 1. The first-order chi connectivity index (χ1) is 15.0. The Morgan fingerprint density at radius 3 is 2.68 bits per heavy atom. The Bertz CT molecular complexity index is 1070. The zero-order chi connectivity index (χ0) is 21.8. The summed E-state index contributed by atoms with van der Waals surface area (Å²) in [6, 6.07) is 12.1. The van der Waals surface area contributed by atoms with Crippen molar-refractivity contribution in [1.29, 1.82) is 0 Å². The highest BCUT2D eigenvalue weighted by Gasteiger charge is 2.29. The third kappa shape index (κ3) is 4.99. The predicted molar refractivity (Wildman–Crippen MR) is 118 cm³/mol. The van der Waals surface area contributed by atoms with E-state index in [4.69, 9.17) is 4.74 Å². The molecule has 1 saturated heterocycles. The van der Waals surface area contributed by atoms with Gasteiger partial charge in [0.2, 0.25) is 5.91 Å². The van der Waals surface area contributed by atoms with Gasteiger partial charge < -0.3 is 15.0 Å². The molecule has 3 aromatic rings. The SMILES string of the molecule is Cc1ccc(Oc2nccnc2N2CCC[C@H](C(=O)Nc3ccc(F)cc3C)C2)cc1. The average Bonchev–Trinajstić information content (AvgIpc) is 2.78. The van der Waals surface area contributed by atoms with Gasteiger partial charge >= 0.3 is 0 Å². The summed E-state index contributed by atoms with van der Waals surface area (Å²) < 4.78 is 19.3. The second-order valence-corrected chi connectivity index (χ2v) is 7.83. The van der Waals surface area contributed by atoms with Crippen LogP contribution < -0.4 is 15.0 Å². The maximum absolute atomic E-state index is 13.3. The second kappa shape index (κ2) is 9.12. The monoisotopic (exact) mass is 420 g/mol. The smallest absolute Gasteiger partial charge is 0.263 e. The molecule has 7 heteroatoms. The number of aryl methyl sites for hydroxylation is 2. The third-order valence-corrected chi connectivity index (χ3v) is 5.42. The van der Waals surface area contributed by atoms with Gasteiger partial charge in [-0.3, -0.25) is 4.79 Å². The summed E-state index contributed by atoms with van der Waals surface area (Å²) in [5.74, 6) is 1.12. The summed E-state index contributed by atoms with van der Waals surface area (Å²) in [5.41, 5.74) is 2.48. The van der Waals surface area contributed by atoms with Crippen LogP contribution in [0.1, 0.15) is 24.0 Å². The van der Waals surface area contributed by atoms with Crippen LogP contribution in [0.15, 0.2) is 54.9 Å². The quantitative estimate of drug-likeness (QED) is 0.637. The van der Waals surface area contributed by atoms with Gasteiger partial charge in [-0.25, -0.2) is 14.4 Å². The number of anilines is 2. The van der Waals surface area contributed by atoms with Crippen LogP contribution in [0.2, 0.25) is 0 Å². The molecule has 1 fully saturated rings. The molecule has 2 heterocycles. The molecule has 1 amide bonds. The summed E-state index contributed by atoms with van der Waals surface area (Å²) >= 11 is 0. The molecule has 1 atom stereocenters. The van der Waals surface area contributed by atoms with E-state index < -0.39 is 0 Å². The third-order valence-electron chi connectivity index (χ3n) is 5.42. The summed E-state index contributed by atoms with van der Waals surface area (Å²) in [4.78, 5) is 23.8. The minimum atomic E-state index is -0.317. The van der Waals surface area contributed by atoms with Crippen molar-refractivity contribution >= 4 is 17.4 Å². The van der Waals surface area contributed by atoms with E-state index in [0.29, 0.717) is 35.2 Å². The number of carbonyl (C=O) groups is 1. The number of ether oxygens (including phenoxy) is 1. The van der Waals surface area contributed by atoms with Crippen LogP contribution in [0.25, 0.3) is 0 Å². The Morgan fingerprint density at radius 2 is 1.90 bits per heavy atom. The van der Waals surface area contributed by atoms with Crippen molar-refractivity contribution < 1.29 is 13.9 Å². The molecule has 1 aliphatic heterocycles. The first-order valence-corrected chi connectivity index (χ1v) is 10.4. The number of hydrogen-bond donors (Lipinski definition) is 1. The van der Waals surface area contributed by atoms with Gasteiger partial charge in [0, 0.05) is 31.2 Å². The van der Waals surface area contributed by atoms with Crippen molar-refractivity contribution in [2.75, 3.05) is 23.3 Å². The lowest BCUT2D eigenvalue weighted by Gasteiger charge is -2.33. The molecular formula is C24H25FN4O2. The predicted octanol–water partition coefficient (Wildman–Crippen LogP) is 4.88. The highest BCUT2D eigenvalue weighted by Crippen LogP contribution is 2.31. The molecule has 0 radical (unpaired) electrons. The Morgan fingerprint density at radius 1 is 1.13 bits per heavy atom. The number of benzene rings is 2. The molecule has 4 rings (SSSR count). The van der Waals surface area contributed by atoms with E-state index in [-0.39, 0.29) is 17.6 Å². The van der Waals surface area contributed by atoms with Crippen LogP contribution in [0, 0.1) is 25.6 Å². The van der Waals surface area contributed by atoms with Gasteiger partial charge in [-0.05, 0) is 62.6 Å². The maximum Gasteiger partial charge on any atom is 0.263 e. The zero-order valence-corrected chi connectivity index (χ0v) is 17.6. The van der Waals surface area contributed by atoms with Crippen LogP contribution in [0.4, 0.5) is 15.9 Å². The molecule has 6 nitrogen and oxygen atoms in total. The summed E-state index contributed by atoms with van der Waals surface area (Å²) in [7, 11) is 0. The molecule has 1 N–H and O–H groups in total. The van der Waals surface area contributed by atoms with Crippen LogP contribution in [0.5, 0.6) is 11.6 Å². The van der Waals surface area contributed by atoms with Gasteiger partial charge in [0.15, 0.2) is 5.82 Å². The molecule has 0 saturated carbocycles. The van der Waals surface area contributed by atoms with Crippen LogP contribution in [-0.4, -0.2) is 29.0 Å². The van der Waals surface area contributed by atoms with Crippen molar-refractivity contribution in [2.24, 2.45) is 5.92 Å². The minimum absolute atomic E-state index is 0.0794. The molecule has 0 bridgehead atoms. The number of amides is 1. The van der Waals surface area contributed by atoms with E-state index in [1.165, 1.54) is 12.1 Å². The fraction of sp³-hybridized carbons (Fsp3) is 0.292. The fourth-order valence-corrected chi connectivity index (χ4v) is 3.71. The summed E-state index contributed by atoms with van der Waals surface area (Å²) in [6.07, 6.45) is 4.85. The lowest BCUT2D eigenvalue weighted by Crippen LogP contribution is -2.41. The average molecular weight is 420 g/mol. The number of carbonyl (C=O) groups excluding carboxylic acids is 1. The van der Waals surface area contributed by atoms with E-state index in [1.54, 1.807) is 25.4 Å². The Balaban J connectivity index is 1.48. The van der Waals surface area contributed by atoms with Gasteiger partial charge in [0.05, 0.1) is 5.92 Å². The summed E-state index contributed by atoms with van der Waals surface area (Å²) in [5, 5.41) is 2.94. The largest absolute Gasteiger partial charge is 0.436 e. The standard InChI is InChI=1S/C24H25FN4O2/c1-16-5-8-20(9-6-16)31-24-22(26-11-12-27-24)29-13-3-4-18(15-29)23(30)28-21-10-7-19(25)14-17(21)2/h5-12,14,18H,3-4,13,15H2,1-2H3,(H,28,30)/t18-/m0/s1. The molecule has 0 aliphatic carbocycles. The molecule has 1 aliphatic rings. The minimum Gasteiger partial charge on any atom is -0.436 e. The molecule has 160 valence electrons. The Hall–Kier alpha value is -3.48. The van der Waals surface area contributed by atoms with Crippen molar-refractivity contribution in [3.8, 4) is 11.6 Å². The Labute approximate surface area is 181 Å². The summed E-state index contributed by atoms with van der Waals surface area (Å²) in [6.45, 7) is 5.07. The lowest BCUT2D eigenvalue weighted by atomic mass is 9.97. The normalized spacial score (nSPS) is 16.1. The number of nitrogens with zero attached hydrogens (tertiary/aromatic N) is 3. The van der Waals surface area contributed by atoms with Crippen molar-refractivity contribution in [2.45, 2.75) is 26.7 Å². The number of hydrogen-bond acceptors (Lipinski definition) is 5. The molecule has 0 spiro atoms. The van der Waals surface area contributed by atoms with Gasteiger partial charge in [-0.15, -0.1) is 0 Å². The van der Waals surface area contributed by atoms with Crippen LogP contribution >= 0.6 is 0 Å².